The van der Waals surface area contributed by atoms with Gasteiger partial charge in [-0.3, -0.25) is 4.79 Å². The number of aliphatic hydroxyl groups is 5. The lowest BCUT2D eigenvalue weighted by molar-refractivity contribution is -0.288. The number of hydrogen-bond acceptors (Lipinski definition) is 9. The second-order valence-electron chi connectivity index (χ2n) is 8.92. The summed E-state index contributed by atoms with van der Waals surface area (Å²) in [6, 6.07) is 0. The molecule has 0 aromatic carbocycles. The van der Waals surface area contributed by atoms with Crippen molar-refractivity contribution in [3.63, 3.8) is 0 Å². The molecule has 0 radical (unpaired) electrons. The summed E-state index contributed by atoms with van der Waals surface area (Å²) in [6.45, 7) is 8.79. The van der Waals surface area contributed by atoms with Crippen LogP contribution in [-0.4, -0.2) is 81.0 Å². The zero-order valence-electron chi connectivity index (χ0n) is 17.4. The zero-order valence-corrected chi connectivity index (χ0v) is 17.4. The Morgan fingerprint density at radius 3 is 2.53 bits per heavy atom. The van der Waals surface area contributed by atoms with E-state index < -0.39 is 60.9 Å². The standard InChI is InChI=1S/C21H32O9/c1-5-21(4)6-11(23)13-10(3)19(27)30-18(13)14(21)9(2)8-28-20-17(26)16(25)15(24)12(7-22)29-20/h5,8,10-18,20,22-26H,1,6-7H2,2-4H3/b9-8+/t10-,11+,12-,13-,14+,15-,16+,17-,18+,20-,21-/m1/s1. The van der Waals surface area contributed by atoms with Crippen LogP contribution in [0.15, 0.2) is 24.5 Å². The summed E-state index contributed by atoms with van der Waals surface area (Å²) in [7, 11) is 0. The van der Waals surface area contributed by atoms with Crippen molar-refractivity contribution >= 4 is 5.97 Å². The summed E-state index contributed by atoms with van der Waals surface area (Å²) in [6.07, 6.45) is -4.70. The van der Waals surface area contributed by atoms with E-state index in [2.05, 4.69) is 6.58 Å². The lowest BCUT2D eigenvalue weighted by Gasteiger charge is -2.48. The number of carbonyl (C=O) groups is 1. The molecule has 0 spiro atoms. The molecule has 5 N–H and O–H groups in total. The molecule has 2 saturated heterocycles. The molecule has 1 saturated carbocycles. The Hall–Kier alpha value is -1.49. The van der Waals surface area contributed by atoms with E-state index in [1.54, 1.807) is 19.9 Å². The Morgan fingerprint density at radius 2 is 1.93 bits per heavy atom. The van der Waals surface area contributed by atoms with Crippen molar-refractivity contribution in [2.45, 2.75) is 70.1 Å². The van der Waals surface area contributed by atoms with E-state index >= 15 is 0 Å². The minimum atomic E-state index is -1.54. The Kier molecular flexibility index (Phi) is 6.62. The summed E-state index contributed by atoms with van der Waals surface area (Å²) in [5.41, 5.74) is 0.0997. The first kappa shape index (κ1) is 23.2. The molecule has 2 heterocycles. The SMILES string of the molecule is C=C[C@]1(C)C[C@H](O)[C@@H]2[C@H](OC(=O)[C@@H]2C)[C@@H]1/C(C)=C/O[C@@H]1O[C@H](CO)[C@@H](O)[C@H](O)[C@H]1O. The average molecular weight is 428 g/mol. The van der Waals surface area contributed by atoms with E-state index in [0.717, 1.165) is 0 Å². The fraction of sp³-hybridized carbons (Fsp3) is 0.762. The van der Waals surface area contributed by atoms with Gasteiger partial charge in [-0.15, -0.1) is 6.58 Å². The van der Waals surface area contributed by atoms with Gasteiger partial charge in [0.25, 0.3) is 0 Å². The lowest BCUT2D eigenvalue weighted by atomic mass is 9.58. The van der Waals surface area contributed by atoms with Crippen LogP contribution in [0, 0.1) is 23.2 Å². The van der Waals surface area contributed by atoms with Crippen LogP contribution in [0.3, 0.4) is 0 Å². The van der Waals surface area contributed by atoms with Crippen LogP contribution in [0.5, 0.6) is 0 Å². The molecule has 3 aliphatic rings. The first-order chi connectivity index (χ1) is 14.1. The molecule has 3 rings (SSSR count). The monoisotopic (exact) mass is 428 g/mol. The molecule has 1 aliphatic carbocycles. The van der Waals surface area contributed by atoms with E-state index in [1.165, 1.54) is 6.26 Å². The molecule has 0 amide bonds. The Morgan fingerprint density at radius 1 is 1.27 bits per heavy atom. The maximum atomic E-state index is 12.2. The van der Waals surface area contributed by atoms with Crippen LogP contribution in [0.1, 0.15) is 27.2 Å². The summed E-state index contributed by atoms with van der Waals surface area (Å²) in [5.74, 6) is -1.47. The molecule has 9 nitrogen and oxygen atoms in total. The van der Waals surface area contributed by atoms with Gasteiger partial charge < -0.3 is 39.7 Å². The molecular weight excluding hydrogens is 396 g/mol. The smallest absolute Gasteiger partial charge is 0.309 e. The molecule has 30 heavy (non-hydrogen) atoms. The number of carbonyl (C=O) groups excluding carboxylic acids is 1. The van der Waals surface area contributed by atoms with Crippen molar-refractivity contribution < 1.29 is 44.5 Å². The van der Waals surface area contributed by atoms with E-state index in [0.29, 0.717) is 12.0 Å². The molecule has 0 unspecified atom stereocenters. The molecule has 9 heteroatoms. The summed E-state index contributed by atoms with van der Waals surface area (Å²) >= 11 is 0. The third-order valence-corrected chi connectivity index (χ3v) is 6.91. The Balaban J connectivity index is 1.84. The van der Waals surface area contributed by atoms with Gasteiger partial charge in [0.2, 0.25) is 6.29 Å². The van der Waals surface area contributed by atoms with Crippen LogP contribution in [0.2, 0.25) is 0 Å². The van der Waals surface area contributed by atoms with E-state index in [4.69, 9.17) is 14.2 Å². The fourth-order valence-electron chi connectivity index (χ4n) is 5.11. The summed E-state index contributed by atoms with van der Waals surface area (Å²) < 4.78 is 16.6. The summed E-state index contributed by atoms with van der Waals surface area (Å²) in [5, 5.41) is 49.9. The number of ether oxygens (including phenoxy) is 3. The minimum Gasteiger partial charge on any atom is -0.470 e. The van der Waals surface area contributed by atoms with Gasteiger partial charge in [0.15, 0.2) is 0 Å². The largest absolute Gasteiger partial charge is 0.470 e. The third-order valence-electron chi connectivity index (χ3n) is 6.91. The van der Waals surface area contributed by atoms with Gasteiger partial charge in [0.1, 0.15) is 30.5 Å². The topological polar surface area (TPSA) is 146 Å². The molecule has 0 aromatic rings. The summed E-state index contributed by atoms with van der Waals surface area (Å²) in [4.78, 5) is 12.2. The van der Waals surface area contributed by atoms with Crippen LogP contribution in [-0.2, 0) is 19.0 Å². The van der Waals surface area contributed by atoms with Crippen molar-refractivity contribution in [2.75, 3.05) is 6.61 Å². The zero-order chi connectivity index (χ0) is 22.4. The predicted molar refractivity (Wildman–Crippen MR) is 104 cm³/mol. The van der Waals surface area contributed by atoms with Crippen LogP contribution in [0.4, 0.5) is 0 Å². The maximum absolute atomic E-state index is 12.2. The number of esters is 1. The van der Waals surface area contributed by atoms with E-state index in [-0.39, 0.29) is 17.8 Å². The van der Waals surface area contributed by atoms with Crippen LogP contribution < -0.4 is 0 Å². The highest BCUT2D eigenvalue weighted by molar-refractivity contribution is 5.75. The average Bonchev–Trinajstić information content (AvgIpc) is 3.00. The first-order valence-corrected chi connectivity index (χ1v) is 10.2. The highest BCUT2D eigenvalue weighted by Gasteiger charge is 2.58. The number of fused-ring (bicyclic) bond motifs is 1. The molecule has 0 bridgehead atoms. The van der Waals surface area contributed by atoms with E-state index in [1.807, 2.05) is 6.92 Å². The quantitative estimate of drug-likeness (QED) is 0.221. The van der Waals surface area contributed by atoms with Crippen molar-refractivity contribution in [3.05, 3.63) is 24.5 Å². The van der Waals surface area contributed by atoms with Crippen molar-refractivity contribution in [3.8, 4) is 0 Å². The molecule has 11 atom stereocenters. The molecule has 2 aliphatic heterocycles. The third kappa shape index (κ3) is 3.79. The van der Waals surface area contributed by atoms with Crippen molar-refractivity contribution in [1.82, 2.24) is 0 Å². The number of aliphatic hydroxyl groups excluding tert-OH is 5. The number of hydrogen-bond donors (Lipinski definition) is 5. The number of allylic oxidation sites excluding steroid dienone is 1. The minimum absolute atomic E-state index is 0.331. The fourth-order valence-corrected chi connectivity index (χ4v) is 5.11. The van der Waals surface area contributed by atoms with Crippen LogP contribution >= 0.6 is 0 Å². The molecular formula is C21H32O9. The maximum Gasteiger partial charge on any atom is 0.309 e. The molecule has 3 fully saturated rings. The normalized spacial score (nSPS) is 49.3. The molecule has 0 aromatic heterocycles. The van der Waals surface area contributed by atoms with Crippen molar-refractivity contribution in [1.29, 1.82) is 0 Å². The number of rotatable bonds is 5. The van der Waals surface area contributed by atoms with Gasteiger partial charge in [0.05, 0.1) is 24.9 Å². The Labute approximate surface area is 175 Å². The highest BCUT2D eigenvalue weighted by Crippen LogP contribution is 2.53. The van der Waals surface area contributed by atoms with Crippen molar-refractivity contribution in [2.24, 2.45) is 23.2 Å². The highest BCUT2D eigenvalue weighted by atomic mass is 16.7. The first-order valence-electron chi connectivity index (χ1n) is 10.2. The second kappa shape index (κ2) is 8.57. The van der Waals surface area contributed by atoms with Gasteiger partial charge in [0, 0.05) is 11.8 Å². The van der Waals surface area contributed by atoms with Gasteiger partial charge in [-0.25, -0.2) is 0 Å². The lowest BCUT2D eigenvalue weighted by Crippen LogP contribution is -2.58. The van der Waals surface area contributed by atoms with Gasteiger partial charge in [-0.1, -0.05) is 19.9 Å². The van der Waals surface area contributed by atoms with Crippen LogP contribution in [0.25, 0.3) is 0 Å². The second-order valence-corrected chi connectivity index (χ2v) is 8.92. The van der Waals surface area contributed by atoms with Gasteiger partial charge in [-0.2, -0.15) is 0 Å². The Bertz CT molecular complexity index is 692. The van der Waals surface area contributed by atoms with Gasteiger partial charge >= 0.3 is 5.97 Å². The predicted octanol–water partition coefficient (Wildman–Crippen LogP) is -0.542. The molecule has 170 valence electrons. The van der Waals surface area contributed by atoms with E-state index in [9.17, 15) is 30.3 Å². The van der Waals surface area contributed by atoms with Gasteiger partial charge in [-0.05, 0) is 24.3 Å².